The normalized spacial score (nSPS) is 10.7. The van der Waals surface area contributed by atoms with E-state index in [4.69, 9.17) is 5.11 Å². The number of nitrogens with zero attached hydrogens (tertiary/aromatic N) is 5. The van der Waals surface area contributed by atoms with Crippen LogP contribution in [0.4, 0.5) is 5.69 Å². The molecule has 2 aromatic heterocycles. The Bertz CT molecular complexity index is 856. The van der Waals surface area contributed by atoms with Crippen molar-refractivity contribution >= 4 is 17.4 Å². The van der Waals surface area contributed by atoms with E-state index in [0.29, 0.717) is 11.3 Å². The molecular weight excluding hydrogens is 278 g/mol. The van der Waals surface area contributed by atoms with E-state index in [1.54, 1.807) is 18.2 Å². The maximum atomic E-state index is 10.9. The summed E-state index contributed by atoms with van der Waals surface area (Å²) in [7, 11) is 0. The van der Waals surface area contributed by atoms with Gasteiger partial charge in [0.15, 0.2) is 0 Å². The molecular formula is C12H7N5O4. The van der Waals surface area contributed by atoms with Crippen molar-refractivity contribution in [2.24, 2.45) is 0 Å². The fourth-order valence-corrected chi connectivity index (χ4v) is 1.86. The van der Waals surface area contributed by atoms with E-state index in [1.165, 1.54) is 22.8 Å². The van der Waals surface area contributed by atoms with Crippen LogP contribution in [0.2, 0.25) is 0 Å². The Hall–Kier alpha value is -3.36. The van der Waals surface area contributed by atoms with Crippen LogP contribution >= 0.6 is 0 Å². The summed E-state index contributed by atoms with van der Waals surface area (Å²) in [6, 6.07) is 7.44. The summed E-state index contributed by atoms with van der Waals surface area (Å²) in [6.07, 6.45) is 1.46. The summed E-state index contributed by atoms with van der Waals surface area (Å²) in [5.74, 6) is -1.48. The van der Waals surface area contributed by atoms with Crippen LogP contribution in [0.5, 0.6) is 0 Å². The Balaban J connectivity index is 2.15. The first kappa shape index (κ1) is 12.7. The van der Waals surface area contributed by atoms with E-state index in [9.17, 15) is 14.9 Å². The molecule has 2 heterocycles. The number of hydrogen-bond acceptors (Lipinski definition) is 6. The Morgan fingerprint density at radius 3 is 2.57 bits per heavy atom. The fraction of sp³-hybridized carbons (Fsp3) is 0. The third-order valence-electron chi connectivity index (χ3n) is 2.81. The molecule has 0 saturated carbocycles. The number of aromatic nitrogens is 4. The van der Waals surface area contributed by atoms with Crippen molar-refractivity contribution in [3.05, 3.63) is 52.5 Å². The minimum absolute atomic E-state index is 0.0335. The minimum atomic E-state index is -1.25. The van der Waals surface area contributed by atoms with E-state index in [2.05, 4.69) is 15.1 Å². The highest BCUT2D eigenvalue weighted by atomic mass is 16.6. The van der Waals surface area contributed by atoms with Crippen LogP contribution < -0.4 is 0 Å². The molecule has 0 spiro atoms. The number of carbonyl (C=O) groups is 1. The quantitative estimate of drug-likeness (QED) is 0.569. The maximum Gasteiger partial charge on any atom is 0.375 e. The van der Waals surface area contributed by atoms with E-state index < -0.39 is 10.9 Å². The number of fused-ring (bicyclic) bond motifs is 1. The summed E-state index contributed by atoms with van der Waals surface area (Å²) in [6.45, 7) is 0. The number of aromatic carboxylic acids is 1. The van der Waals surface area contributed by atoms with Crippen molar-refractivity contribution in [2.75, 3.05) is 0 Å². The van der Waals surface area contributed by atoms with Crippen LogP contribution in [0.25, 0.3) is 17.0 Å². The number of carboxylic acids is 1. The first-order chi connectivity index (χ1) is 10.1. The number of benzene rings is 1. The van der Waals surface area contributed by atoms with Gasteiger partial charge in [-0.3, -0.25) is 10.1 Å². The molecule has 1 N–H and O–H groups in total. The number of rotatable bonds is 3. The summed E-state index contributed by atoms with van der Waals surface area (Å²) < 4.78 is 1.28. The van der Waals surface area contributed by atoms with Gasteiger partial charge in [0, 0.05) is 23.9 Å². The Morgan fingerprint density at radius 2 is 1.95 bits per heavy atom. The summed E-state index contributed by atoms with van der Waals surface area (Å²) in [5.41, 5.74) is 1.14. The van der Waals surface area contributed by atoms with Crippen LogP contribution in [0, 0.1) is 10.1 Å². The van der Waals surface area contributed by atoms with Gasteiger partial charge >= 0.3 is 5.97 Å². The zero-order chi connectivity index (χ0) is 15.0. The molecule has 0 saturated heterocycles. The summed E-state index contributed by atoms with van der Waals surface area (Å²) in [4.78, 5) is 28.8. The van der Waals surface area contributed by atoms with Crippen molar-refractivity contribution in [3.8, 4) is 11.3 Å². The lowest BCUT2D eigenvalue weighted by atomic mass is 10.1. The third kappa shape index (κ3) is 2.16. The zero-order valence-corrected chi connectivity index (χ0v) is 10.4. The van der Waals surface area contributed by atoms with Gasteiger partial charge in [-0.1, -0.05) is 0 Å². The van der Waals surface area contributed by atoms with Crippen LogP contribution in [0.15, 0.2) is 36.5 Å². The summed E-state index contributed by atoms with van der Waals surface area (Å²) >= 11 is 0. The number of nitro benzene ring substituents is 1. The molecule has 0 aliphatic carbocycles. The van der Waals surface area contributed by atoms with Crippen LogP contribution in [-0.2, 0) is 0 Å². The predicted octanol–water partition coefficient (Wildman–Crippen LogP) is 1.40. The van der Waals surface area contributed by atoms with Crippen LogP contribution in [0.3, 0.4) is 0 Å². The van der Waals surface area contributed by atoms with E-state index >= 15 is 0 Å². The molecule has 3 aromatic rings. The van der Waals surface area contributed by atoms with Gasteiger partial charge in [-0.25, -0.2) is 9.78 Å². The van der Waals surface area contributed by atoms with Gasteiger partial charge in [0.1, 0.15) is 0 Å². The summed E-state index contributed by atoms with van der Waals surface area (Å²) in [5, 5.41) is 23.4. The molecule has 0 atom stereocenters. The molecule has 21 heavy (non-hydrogen) atoms. The zero-order valence-electron chi connectivity index (χ0n) is 10.4. The molecule has 104 valence electrons. The number of hydrogen-bond donors (Lipinski definition) is 1. The van der Waals surface area contributed by atoms with Crippen LogP contribution in [0.1, 0.15) is 10.6 Å². The topological polar surface area (TPSA) is 124 Å². The van der Waals surface area contributed by atoms with Crippen molar-refractivity contribution < 1.29 is 14.8 Å². The largest absolute Gasteiger partial charge is 0.475 e. The van der Waals surface area contributed by atoms with E-state index in [1.807, 2.05) is 0 Å². The smallest absolute Gasteiger partial charge is 0.375 e. The Kier molecular flexibility index (Phi) is 2.79. The Labute approximate surface area is 116 Å². The molecule has 9 heteroatoms. The number of nitro groups is 1. The molecule has 0 radical (unpaired) electrons. The highest BCUT2D eigenvalue weighted by Gasteiger charge is 2.15. The molecule has 0 unspecified atom stereocenters. The maximum absolute atomic E-state index is 10.9. The Morgan fingerprint density at radius 1 is 1.24 bits per heavy atom. The molecule has 9 nitrogen and oxygen atoms in total. The third-order valence-corrected chi connectivity index (χ3v) is 2.81. The van der Waals surface area contributed by atoms with Crippen LogP contribution in [-0.4, -0.2) is 35.6 Å². The second-order valence-electron chi connectivity index (χ2n) is 4.09. The van der Waals surface area contributed by atoms with Gasteiger partial charge in [-0.05, 0) is 18.2 Å². The average molecular weight is 285 g/mol. The molecule has 0 fully saturated rings. The molecule has 3 rings (SSSR count). The molecule has 1 aromatic carbocycles. The number of carboxylic acid groups (broad SMARTS) is 1. The van der Waals surface area contributed by atoms with Gasteiger partial charge in [-0.2, -0.15) is 9.50 Å². The molecule has 0 bridgehead atoms. The van der Waals surface area contributed by atoms with Gasteiger partial charge in [0.05, 0.1) is 10.6 Å². The van der Waals surface area contributed by atoms with Crippen molar-refractivity contribution in [3.63, 3.8) is 0 Å². The lowest BCUT2D eigenvalue weighted by Gasteiger charge is -2.02. The first-order valence-corrected chi connectivity index (χ1v) is 5.76. The lowest BCUT2D eigenvalue weighted by molar-refractivity contribution is -0.384. The second-order valence-corrected chi connectivity index (χ2v) is 4.09. The van der Waals surface area contributed by atoms with Gasteiger partial charge in [0.2, 0.25) is 0 Å². The molecule has 0 amide bonds. The van der Waals surface area contributed by atoms with Crippen molar-refractivity contribution in [1.29, 1.82) is 0 Å². The minimum Gasteiger partial charge on any atom is -0.475 e. The molecule has 0 aliphatic rings. The van der Waals surface area contributed by atoms with Crippen molar-refractivity contribution in [2.45, 2.75) is 0 Å². The monoisotopic (exact) mass is 285 g/mol. The second kappa shape index (κ2) is 4.63. The predicted molar refractivity (Wildman–Crippen MR) is 69.8 cm³/mol. The van der Waals surface area contributed by atoms with Gasteiger partial charge in [0.25, 0.3) is 17.3 Å². The molecule has 0 aliphatic heterocycles. The standard InChI is InChI=1S/C12H7N5O4/c18-11(19)10-14-12-13-6-5-9(16(12)15-10)7-1-3-8(4-2-7)17(20)21/h1-6H,(H,18,19). The highest BCUT2D eigenvalue weighted by molar-refractivity contribution is 5.83. The first-order valence-electron chi connectivity index (χ1n) is 5.76. The highest BCUT2D eigenvalue weighted by Crippen LogP contribution is 2.22. The number of non-ortho nitro benzene ring substituents is 1. The van der Waals surface area contributed by atoms with Crippen molar-refractivity contribution in [1.82, 2.24) is 19.6 Å². The van der Waals surface area contributed by atoms with E-state index in [-0.39, 0.29) is 17.3 Å². The fourth-order valence-electron chi connectivity index (χ4n) is 1.86. The van der Waals surface area contributed by atoms with E-state index in [0.717, 1.165) is 0 Å². The SMILES string of the molecule is O=C(O)c1nc2nccc(-c3ccc([N+](=O)[O-])cc3)n2n1. The average Bonchev–Trinajstić information content (AvgIpc) is 2.91. The lowest BCUT2D eigenvalue weighted by Crippen LogP contribution is -2.00. The van der Waals surface area contributed by atoms with Gasteiger partial charge in [-0.15, -0.1) is 5.10 Å². The van der Waals surface area contributed by atoms with Gasteiger partial charge < -0.3 is 5.11 Å².